The van der Waals surface area contributed by atoms with Crippen molar-refractivity contribution >= 4 is 11.9 Å². The number of hydrogen-bond donors (Lipinski definition) is 1. The van der Waals surface area contributed by atoms with Crippen LogP contribution in [0, 0.1) is 0 Å². The molecule has 2 aromatic rings. The zero-order valence-corrected chi connectivity index (χ0v) is 14.5. The quantitative estimate of drug-likeness (QED) is 0.702. The smallest absolute Gasteiger partial charge is 0.359 e. The molecule has 0 aliphatic rings. The molecular formula is C18H23N3O4. The molecule has 0 bridgehead atoms. The van der Waals surface area contributed by atoms with Gasteiger partial charge in [-0.2, -0.15) is 5.10 Å². The lowest BCUT2D eigenvalue weighted by Gasteiger charge is -2.18. The zero-order chi connectivity index (χ0) is 18.2. The second-order valence-electron chi connectivity index (χ2n) is 5.61. The Bertz CT molecular complexity index is 712. The van der Waals surface area contributed by atoms with Gasteiger partial charge in [0, 0.05) is 18.3 Å². The van der Waals surface area contributed by atoms with E-state index in [1.54, 1.807) is 22.7 Å². The van der Waals surface area contributed by atoms with Crippen molar-refractivity contribution in [3.8, 4) is 5.69 Å². The SMILES string of the molecule is CCCN(CC(=O)O)Cc1cn(-c2ccccc2)nc1C(=O)OCC. The average molecular weight is 345 g/mol. The lowest BCUT2D eigenvalue weighted by molar-refractivity contribution is -0.138. The number of ether oxygens (including phenoxy) is 1. The van der Waals surface area contributed by atoms with Crippen molar-refractivity contribution < 1.29 is 19.4 Å². The summed E-state index contributed by atoms with van der Waals surface area (Å²) in [7, 11) is 0. The minimum absolute atomic E-state index is 0.0907. The number of aromatic nitrogens is 2. The van der Waals surface area contributed by atoms with Crippen LogP contribution in [0.5, 0.6) is 0 Å². The Morgan fingerprint density at radius 1 is 1.24 bits per heavy atom. The van der Waals surface area contributed by atoms with Gasteiger partial charge >= 0.3 is 11.9 Å². The van der Waals surface area contributed by atoms with Gasteiger partial charge in [-0.15, -0.1) is 0 Å². The maximum atomic E-state index is 12.2. The van der Waals surface area contributed by atoms with E-state index in [1.807, 2.05) is 37.3 Å². The summed E-state index contributed by atoms with van der Waals surface area (Å²) in [5.41, 5.74) is 1.69. The van der Waals surface area contributed by atoms with Crippen LogP contribution in [0.1, 0.15) is 36.3 Å². The number of hydrogen-bond acceptors (Lipinski definition) is 5. The summed E-state index contributed by atoms with van der Waals surface area (Å²) in [6.07, 6.45) is 2.57. The molecule has 7 heteroatoms. The molecule has 0 unspecified atom stereocenters. The predicted octanol–water partition coefficient (Wildman–Crippen LogP) is 2.35. The van der Waals surface area contributed by atoms with Gasteiger partial charge in [-0.3, -0.25) is 9.69 Å². The summed E-state index contributed by atoms with van der Waals surface area (Å²) in [5.74, 6) is -1.40. The van der Waals surface area contributed by atoms with Crippen LogP contribution in [0.4, 0.5) is 0 Å². The second kappa shape index (κ2) is 8.98. The van der Waals surface area contributed by atoms with E-state index in [4.69, 9.17) is 9.84 Å². The molecule has 0 saturated heterocycles. The van der Waals surface area contributed by atoms with Gasteiger partial charge in [0.05, 0.1) is 18.8 Å². The first kappa shape index (κ1) is 18.7. The van der Waals surface area contributed by atoms with Gasteiger partial charge in [-0.1, -0.05) is 25.1 Å². The molecule has 7 nitrogen and oxygen atoms in total. The highest BCUT2D eigenvalue weighted by molar-refractivity contribution is 5.88. The number of carbonyl (C=O) groups is 2. The van der Waals surface area contributed by atoms with Gasteiger partial charge in [0.25, 0.3) is 0 Å². The number of rotatable bonds is 9. The Kier molecular flexibility index (Phi) is 6.71. The molecule has 0 atom stereocenters. The Labute approximate surface area is 146 Å². The first-order valence-corrected chi connectivity index (χ1v) is 8.30. The number of carboxylic acid groups (broad SMARTS) is 1. The summed E-state index contributed by atoms with van der Waals surface area (Å²) < 4.78 is 6.71. The summed E-state index contributed by atoms with van der Waals surface area (Å²) in [5, 5.41) is 13.4. The molecule has 25 heavy (non-hydrogen) atoms. The van der Waals surface area contributed by atoms with Gasteiger partial charge in [0.15, 0.2) is 5.69 Å². The van der Waals surface area contributed by atoms with Crippen LogP contribution in [-0.4, -0.2) is 51.4 Å². The monoisotopic (exact) mass is 345 g/mol. The minimum Gasteiger partial charge on any atom is -0.480 e. The fourth-order valence-electron chi connectivity index (χ4n) is 2.57. The third-order valence-electron chi connectivity index (χ3n) is 3.57. The molecule has 2 rings (SSSR count). The number of carboxylic acids is 1. The van der Waals surface area contributed by atoms with Crippen LogP contribution in [0.15, 0.2) is 36.5 Å². The number of nitrogens with zero attached hydrogens (tertiary/aromatic N) is 3. The van der Waals surface area contributed by atoms with Gasteiger partial charge in [0.2, 0.25) is 0 Å². The topological polar surface area (TPSA) is 84.7 Å². The predicted molar refractivity (Wildman–Crippen MR) is 92.7 cm³/mol. The van der Waals surface area contributed by atoms with Crippen LogP contribution in [0.2, 0.25) is 0 Å². The first-order valence-electron chi connectivity index (χ1n) is 8.30. The summed E-state index contributed by atoms with van der Waals surface area (Å²) in [6, 6.07) is 9.43. The van der Waals surface area contributed by atoms with E-state index in [-0.39, 0.29) is 18.8 Å². The van der Waals surface area contributed by atoms with Gasteiger partial charge in [-0.05, 0) is 32.0 Å². The van der Waals surface area contributed by atoms with Crippen LogP contribution >= 0.6 is 0 Å². The van der Waals surface area contributed by atoms with Crippen molar-refractivity contribution in [2.24, 2.45) is 0 Å². The third-order valence-corrected chi connectivity index (χ3v) is 3.57. The largest absolute Gasteiger partial charge is 0.480 e. The maximum absolute atomic E-state index is 12.2. The van der Waals surface area contributed by atoms with Crippen molar-refractivity contribution in [1.82, 2.24) is 14.7 Å². The lowest BCUT2D eigenvalue weighted by atomic mass is 10.2. The van der Waals surface area contributed by atoms with E-state index >= 15 is 0 Å². The van der Waals surface area contributed by atoms with E-state index in [9.17, 15) is 9.59 Å². The number of aliphatic carboxylic acids is 1. The summed E-state index contributed by atoms with van der Waals surface area (Å²) in [6.45, 7) is 4.82. The molecule has 0 radical (unpaired) electrons. The fraction of sp³-hybridized carbons (Fsp3) is 0.389. The van der Waals surface area contributed by atoms with Gasteiger partial charge in [0.1, 0.15) is 0 Å². The van der Waals surface area contributed by atoms with E-state index < -0.39 is 11.9 Å². The highest BCUT2D eigenvalue weighted by Crippen LogP contribution is 2.16. The Balaban J connectivity index is 2.34. The molecule has 0 fully saturated rings. The van der Waals surface area contributed by atoms with Crippen molar-refractivity contribution in [3.05, 3.63) is 47.8 Å². The van der Waals surface area contributed by atoms with Crippen molar-refractivity contribution in [2.75, 3.05) is 19.7 Å². The molecule has 0 spiro atoms. The van der Waals surface area contributed by atoms with E-state index in [0.29, 0.717) is 18.7 Å². The van der Waals surface area contributed by atoms with E-state index in [2.05, 4.69) is 5.10 Å². The van der Waals surface area contributed by atoms with Gasteiger partial charge < -0.3 is 9.84 Å². The minimum atomic E-state index is -0.901. The van der Waals surface area contributed by atoms with Crippen LogP contribution < -0.4 is 0 Å². The van der Waals surface area contributed by atoms with E-state index in [0.717, 1.165) is 12.1 Å². The Hall–Kier alpha value is -2.67. The van der Waals surface area contributed by atoms with Gasteiger partial charge in [-0.25, -0.2) is 9.48 Å². The molecule has 0 aliphatic heterocycles. The van der Waals surface area contributed by atoms with Crippen molar-refractivity contribution in [1.29, 1.82) is 0 Å². The highest BCUT2D eigenvalue weighted by atomic mass is 16.5. The highest BCUT2D eigenvalue weighted by Gasteiger charge is 2.21. The normalized spacial score (nSPS) is 10.8. The fourth-order valence-corrected chi connectivity index (χ4v) is 2.57. The van der Waals surface area contributed by atoms with Crippen molar-refractivity contribution in [3.63, 3.8) is 0 Å². The molecule has 1 aromatic carbocycles. The molecule has 1 N–H and O–H groups in total. The first-order chi connectivity index (χ1) is 12.0. The third kappa shape index (κ3) is 5.15. The number of para-hydroxylation sites is 1. The molecule has 1 heterocycles. The molecule has 0 amide bonds. The Morgan fingerprint density at radius 2 is 1.96 bits per heavy atom. The van der Waals surface area contributed by atoms with Crippen LogP contribution in [0.3, 0.4) is 0 Å². The number of carbonyl (C=O) groups excluding carboxylic acids is 1. The van der Waals surface area contributed by atoms with E-state index in [1.165, 1.54) is 0 Å². The molecular weight excluding hydrogens is 322 g/mol. The van der Waals surface area contributed by atoms with Crippen LogP contribution in [-0.2, 0) is 16.1 Å². The van der Waals surface area contributed by atoms with Crippen LogP contribution in [0.25, 0.3) is 5.69 Å². The zero-order valence-electron chi connectivity index (χ0n) is 14.5. The Morgan fingerprint density at radius 3 is 2.56 bits per heavy atom. The van der Waals surface area contributed by atoms with Crippen molar-refractivity contribution in [2.45, 2.75) is 26.8 Å². The number of esters is 1. The lowest BCUT2D eigenvalue weighted by Crippen LogP contribution is -2.30. The maximum Gasteiger partial charge on any atom is 0.359 e. The molecule has 1 aromatic heterocycles. The average Bonchev–Trinajstić information content (AvgIpc) is 2.99. The molecule has 134 valence electrons. The summed E-state index contributed by atoms with van der Waals surface area (Å²) in [4.78, 5) is 25.1. The standard InChI is InChI=1S/C18H23N3O4/c1-3-10-20(13-16(22)23)11-14-12-21(15-8-6-5-7-9-15)19-17(14)18(24)25-4-2/h5-9,12H,3-4,10-11,13H2,1-2H3,(H,22,23). The number of benzene rings is 1. The molecule has 0 saturated carbocycles. The second-order valence-corrected chi connectivity index (χ2v) is 5.61. The molecule has 0 aliphatic carbocycles. The summed E-state index contributed by atoms with van der Waals surface area (Å²) >= 11 is 0.